The molecule has 0 radical (unpaired) electrons. The maximum atomic E-state index is 11.6. The van der Waals surface area contributed by atoms with Crippen LogP contribution in [0.2, 0.25) is 0 Å². The first-order chi connectivity index (χ1) is 7.54. The Hall–Kier alpha value is -1.06. The van der Waals surface area contributed by atoms with Crippen molar-refractivity contribution in [3.8, 4) is 0 Å². The van der Waals surface area contributed by atoms with Crippen molar-refractivity contribution in [3.05, 3.63) is 0 Å². The predicted octanol–water partition coefficient (Wildman–Crippen LogP) is 1.79. The molecule has 0 aliphatic heterocycles. The SMILES string of the molecule is CCC(C)CC(=O)NC1CCCC1C(=O)O. The third-order valence-electron chi connectivity index (χ3n) is 3.41. The quantitative estimate of drug-likeness (QED) is 0.752. The molecule has 0 aromatic rings. The lowest BCUT2D eigenvalue weighted by Crippen LogP contribution is -2.40. The lowest BCUT2D eigenvalue weighted by molar-refractivity contribution is -0.142. The number of carbonyl (C=O) groups is 2. The second kappa shape index (κ2) is 5.87. The molecule has 16 heavy (non-hydrogen) atoms. The zero-order valence-corrected chi connectivity index (χ0v) is 10.0. The van der Waals surface area contributed by atoms with Crippen LogP contribution in [0, 0.1) is 11.8 Å². The highest BCUT2D eigenvalue weighted by Crippen LogP contribution is 2.26. The van der Waals surface area contributed by atoms with E-state index in [2.05, 4.69) is 5.32 Å². The van der Waals surface area contributed by atoms with Crippen LogP contribution in [-0.4, -0.2) is 23.0 Å². The van der Waals surface area contributed by atoms with Crippen molar-refractivity contribution in [2.45, 2.75) is 52.0 Å². The number of amides is 1. The second-order valence-corrected chi connectivity index (χ2v) is 4.77. The van der Waals surface area contributed by atoms with E-state index in [9.17, 15) is 9.59 Å². The van der Waals surface area contributed by atoms with Crippen molar-refractivity contribution in [3.63, 3.8) is 0 Å². The van der Waals surface area contributed by atoms with Crippen LogP contribution >= 0.6 is 0 Å². The van der Waals surface area contributed by atoms with E-state index in [1.807, 2.05) is 13.8 Å². The maximum Gasteiger partial charge on any atom is 0.308 e. The Morgan fingerprint density at radius 2 is 2.12 bits per heavy atom. The summed E-state index contributed by atoms with van der Waals surface area (Å²) >= 11 is 0. The van der Waals surface area contributed by atoms with E-state index in [4.69, 9.17) is 5.11 Å². The van der Waals surface area contributed by atoms with Gasteiger partial charge in [-0.2, -0.15) is 0 Å². The zero-order chi connectivity index (χ0) is 12.1. The number of hydrogen-bond donors (Lipinski definition) is 2. The molecule has 0 aromatic heterocycles. The topological polar surface area (TPSA) is 66.4 Å². The first-order valence-electron chi connectivity index (χ1n) is 6.06. The van der Waals surface area contributed by atoms with E-state index < -0.39 is 5.97 Å². The van der Waals surface area contributed by atoms with Gasteiger partial charge < -0.3 is 10.4 Å². The predicted molar refractivity (Wildman–Crippen MR) is 61.0 cm³/mol. The van der Waals surface area contributed by atoms with Crippen molar-refractivity contribution in [2.24, 2.45) is 11.8 Å². The van der Waals surface area contributed by atoms with Gasteiger partial charge in [-0.1, -0.05) is 26.7 Å². The lowest BCUT2D eigenvalue weighted by Gasteiger charge is -2.18. The number of rotatable bonds is 5. The van der Waals surface area contributed by atoms with Crippen molar-refractivity contribution < 1.29 is 14.7 Å². The molecule has 0 spiro atoms. The Labute approximate surface area is 96.4 Å². The molecule has 1 aliphatic rings. The van der Waals surface area contributed by atoms with E-state index in [1.54, 1.807) is 0 Å². The van der Waals surface area contributed by atoms with Crippen LogP contribution in [-0.2, 0) is 9.59 Å². The minimum atomic E-state index is -0.786. The third-order valence-corrected chi connectivity index (χ3v) is 3.41. The molecule has 3 unspecified atom stereocenters. The number of aliphatic carboxylic acids is 1. The van der Waals surface area contributed by atoms with Crippen LogP contribution in [0.1, 0.15) is 46.0 Å². The molecule has 0 heterocycles. The molecule has 3 atom stereocenters. The number of carbonyl (C=O) groups excluding carboxylic acids is 1. The molecule has 92 valence electrons. The third kappa shape index (κ3) is 3.51. The van der Waals surface area contributed by atoms with Crippen LogP contribution in [0.25, 0.3) is 0 Å². The number of carboxylic acids is 1. The van der Waals surface area contributed by atoms with E-state index >= 15 is 0 Å². The lowest BCUT2D eigenvalue weighted by atomic mass is 10.0. The molecular formula is C12H21NO3. The van der Waals surface area contributed by atoms with Gasteiger partial charge in [-0.15, -0.1) is 0 Å². The molecule has 1 amide bonds. The molecule has 1 fully saturated rings. The van der Waals surface area contributed by atoms with Gasteiger partial charge in [0.25, 0.3) is 0 Å². The van der Waals surface area contributed by atoms with Crippen molar-refractivity contribution in [1.29, 1.82) is 0 Å². The molecule has 4 nitrogen and oxygen atoms in total. The van der Waals surface area contributed by atoms with Crippen LogP contribution < -0.4 is 5.32 Å². The smallest absolute Gasteiger partial charge is 0.308 e. The van der Waals surface area contributed by atoms with Crippen LogP contribution in [0.5, 0.6) is 0 Å². The second-order valence-electron chi connectivity index (χ2n) is 4.77. The van der Waals surface area contributed by atoms with Crippen molar-refractivity contribution in [2.75, 3.05) is 0 Å². The molecule has 0 saturated heterocycles. The standard InChI is InChI=1S/C12H21NO3/c1-3-8(2)7-11(14)13-10-6-4-5-9(10)12(15)16/h8-10H,3-7H2,1-2H3,(H,13,14)(H,15,16). The van der Waals surface area contributed by atoms with Gasteiger partial charge in [0, 0.05) is 12.5 Å². The first-order valence-corrected chi connectivity index (χ1v) is 6.06. The fourth-order valence-corrected chi connectivity index (χ4v) is 2.15. The van der Waals surface area contributed by atoms with Gasteiger partial charge in [0.1, 0.15) is 0 Å². The summed E-state index contributed by atoms with van der Waals surface area (Å²) in [6, 6.07) is -0.158. The van der Waals surface area contributed by atoms with E-state index in [0.717, 1.165) is 19.3 Å². The molecule has 0 bridgehead atoms. The Bertz CT molecular complexity index is 265. The normalized spacial score (nSPS) is 26.4. The van der Waals surface area contributed by atoms with E-state index in [-0.39, 0.29) is 17.9 Å². The summed E-state index contributed by atoms with van der Waals surface area (Å²) in [5.74, 6) is -0.815. The summed E-state index contributed by atoms with van der Waals surface area (Å²) in [7, 11) is 0. The van der Waals surface area contributed by atoms with Crippen LogP contribution in [0.3, 0.4) is 0 Å². The van der Waals surface area contributed by atoms with Gasteiger partial charge in [-0.25, -0.2) is 0 Å². The maximum absolute atomic E-state index is 11.6. The average molecular weight is 227 g/mol. The Morgan fingerprint density at radius 3 is 2.69 bits per heavy atom. The summed E-state index contributed by atoms with van der Waals surface area (Å²) < 4.78 is 0. The van der Waals surface area contributed by atoms with Crippen LogP contribution in [0.4, 0.5) is 0 Å². The summed E-state index contributed by atoms with van der Waals surface area (Å²) in [6.07, 6.45) is 3.85. The largest absolute Gasteiger partial charge is 0.481 e. The summed E-state index contributed by atoms with van der Waals surface area (Å²) in [4.78, 5) is 22.6. The molecule has 2 N–H and O–H groups in total. The highest BCUT2D eigenvalue weighted by Gasteiger charge is 2.33. The fraction of sp³-hybridized carbons (Fsp3) is 0.833. The average Bonchev–Trinajstić information content (AvgIpc) is 2.65. The van der Waals surface area contributed by atoms with Gasteiger partial charge in [0.05, 0.1) is 5.92 Å². The minimum Gasteiger partial charge on any atom is -0.481 e. The Kier molecular flexibility index (Phi) is 4.77. The molecule has 1 rings (SSSR count). The summed E-state index contributed by atoms with van der Waals surface area (Å²) in [6.45, 7) is 4.08. The monoisotopic (exact) mass is 227 g/mol. The van der Waals surface area contributed by atoms with Crippen molar-refractivity contribution >= 4 is 11.9 Å². The number of hydrogen-bond acceptors (Lipinski definition) is 2. The van der Waals surface area contributed by atoms with Crippen molar-refractivity contribution in [1.82, 2.24) is 5.32 Å². The molecule has 1 aliphatic carbocycles. The Morgan fingerprint density at radius 1 is 1.44 bits per heavy atom. The summed E-state index contributed by atoms with van der Waals surface area (Å²) in [5, 5.41) is 11.8. The number of nitrogens with one attached hydrogen (secondary N) is 1. The first kappa shape index (κ1) is 13.0. The molecule has 0 aromatic carbocycles. The Balaban J connectivity index is 2.41. The molecule has 1 saturated carbocycles. The van der Waals surface area contributed by atoms with Crippen LogP contribution in [0.15, 0.2) is 0 Å². The van der Waals surface area contributed by atoms with Gasteiger partial charge in [0.2, 0.25) is 5.91 Å². The zero-order valence-electron chi connectivity index (χ0n) is 10.0. The highest BCUT2D eigenvalue weighted by molar-refractivity contribution is 5.78. The van der Waals surface area contributed by atoms with Gasteiger partial charge >= 0.3 is 5.97 Å². The number of carboxylic acid groups (broad SMARTS) is 1. The molecular weight excluding hydrogens is 206 g/mol. The van der Waals surface area contributed by atoms with Gasteiger partial charge in [0.15, 0.2) is 0 Å². The molecule has 4 heteroatoms. The van der Waals surface area contributed by atoms with Gasteiger partial charge in [-0.05, 0) is 18.8 Å². The van der Waals surface area contributed by atoms with E-state index in [1.165, 1.54) is 0 Å². The summed E-state index contributed by atoms with van der Waals surface area (Å²) in [5.41, 5.74) is 0. The fourth-order valence-electron chi connectivity index (χ4n) is 2.15. The minimum absolute atomic E-state index is 0.00694. The highest BCUT2D eigenvalue weighted by atomic mass is 16.4. The van der Waals surface area contributed by atoms with Gasteiger partial charge in [-0.3, -0.25) is 9.59 Å². The van der Waals surface area contributed by atoms with E-state index in [0.29, 0.717) is 18.8 Å².